The third-order valence-corrected chi connectivity index (χ3v) is 3.87. The second-order valence-corrected chi connectivity index (χ2v) is 5.82. The Morgan fingerprint density at radius 3 is 2.23 bits per heavy atom. The van der Waals surface area contributed by atoms with Gasteiger partial charge in [-0.3, -0.25) is 4.79 Å². The molecule has 0 saturated carbocycles. The molecule has 3 amide bonds. The predicted octanol–water partition coefficient (Wildman–Crippen LogP) is 0.773. The molecule has 1 heterocycles. The van der Waals surface area contributed by atoms with Gasteiger partial charge in [0.1, 0.15) is 6.04 Å². The Balaban J connectivity index is 2.16. The quantitative estimate of drug-likeness (QED) is 0.897. The van der Waals surface area contributed by atoms with Crippen LogP contribution in [0, 0.1) is 0 Å². The Morgan fingerprint density at radius 2 is 1.68 bits per heavy atom. The zero-order chi connectivity index (χ0) is 16.1. The normalized spacial score (nSPS) is 17.0. The van der Waals surface area contributed by atoms with Crippen molar-refractivity contribution in [3.63, 3.8) is 0 Å². The van der Waals surface area contributed by atoms with E-state index < -0.39 is 6.04 Å². The van der Waals surface area contributed by atoms with Crippen molar-refractivity contribution in [2.75, 3.05) is 47.3 Å². The average molecular weight is 304 g/mol. The van der Waals surface area contributed by atoms with Crippen LogP contribution in [0.2, 0.25) is 0 Å². The molecule has 0 aliphatic carbocycles. The lowest BCUT2D eigenvalue weighted by molar-refractivity contribution is -0.135. The molecule has 1 aromatic rings. The SMILES string of the molecule is CN1CCN(C(=O)[C@@H](NC(=O)N(C)C)c2ccccc2)CC1. The van der Waals surface area contributed by atoms with Crippen molar-refractivity contribution in [3.05, 3.63) is 35.9 Å². The second kappa shape index (κ2) is 7.26. The Kier molecular flexibility index (Phi) is 5.38. The molecule has 6 nitrogen and oxygen atoms in total. The first-order chi connectivity index (χ1) is 10.5. The van der Waals surface area contributed by atoms with Gasteiger partial charge >= 0.3 is 6.03 Å². The van der Waals surface area contributed by atoms with E-state index in [9.17, 15) is 9.59 Å². The Bertz CT molecular complexity index is 510. The van der Waals surface area contributed by atoms with Crippen molar-refractivity contribution in [2.45, 2.75) is 6.04 Å². The van der Waals surface area contributed by atoms with Crippen LogP contribution in [0.4, 0.5) is 4.79 Å². The predicted molar refractivity (Wildman–Crippen MR) is 85.5 cm³/mol. The maximum atomic E-state index is 12.8. The van der Waals surface area contributed by atoms with Crippen molar-refractivity contribution < 1.29 is 9.59 Å². The van der Waals surface area contributed by atoms with Gasteiger partial charge in [0.15, 0.2) is 0 Å². The first kappa shape index (κ1) is 16.3. The fraction of sp³-hybridized carbons (Fsp3) is 0.500. The topological polar surface area (TPSA) is 55.9 Å². The van der Waals surface area contributed by atoms with Gasteiger partial charge in [-0.1, -0.05) is 30.3 Å². The molecule has 1 atom stereocenters. The highest BCUT2D eigenvalue weighted by Crippen LogP contribution is 2.17. The fourth-order valence-electron chi connectivity index (χ4n) is 2.40. The summed E-state index contributed by atoms with van der Waals surface area (Å²) >= 11 is 0. The van der Waals surface area contributed by atoms with Gasteiger partial charge in [-0.25, -0.2) is 4.79 Å². The number of urea groups is 1. The van der Waals surface area contributed by atoms with Gasteiger partial charge in [0.2, 0.25) is 5.91 Å². The highest BCUT2D eigenvalue weighted by Gasteiger charge is 2.29. The number of rotatable bonds is 3. The maximum Gasteiger partial charge on any atom is 0.317 e. The van der Waals surface area contributed by atoms with Gasteiger partial charge in [-0.05, 0) is 12.6 Å². The minimum Gasteiger partial charge on any atom is -0.338 e. The van der Waals surface area contributed by atoms with E-state index in [0.29, 0.717) is 13.1 Å². The highest BCUT2D eigenvalue weighted by molar-refractivity contribution is 5.88. The third kappa shape index (κ3) is 3.98. The summed E-state index contributed by atoms with van der Waals surface area (Å²) < 4.78 is 0. The second-order valence-electron chi connectivity index (χ2n) is 5.82. The van der Waals surface area contributed by atoms with Crippen LogP contribution in [0.15, 0.2) is 30.3 Å². The molecular formula is C16H24N4O2. The molecule has 1 N–H and O–H groups in total. The van der Waals surface area contributed by atoms with Crippen molar-refractivity contribution in [1.82, 2.24) is 20.0 Å². The minimum absolute atomic E-state index is 0.0468. The van der Waals surface area contributed by atoms with E-state index >= 15 is 0 Å². The molecule has 1 saturated heterocycles. The molecule has 120 valence electrons. The molecule has 0 radical (unpaired) electrons. The molecule has 1 aliphatic rings. The lowest BCUT2D eigenvalue weighted by Crippen LogP contribution is -2.52. The van der Waals surface area contributed by atoms with Gasteiger partial charge < -0.3 is 20.0 Å². The van der Waals surface area contributed by atoms with Crippen LogP contribution in [0.1, 0.15) is 11.6 Å². The van der Waals surface area contributed by atoms with E-state index in [1.165, 1.54) is 4.90 Å². The standard InChI is InChI=1S/C16H24N4O2/c1-18(2)16(22)17-14(13-7-5-4-6-8-13)15(21)20-11-9-19(3)10-12-20/h4-8,14H,9-12H2,1-3H3,(H,17,22)/t14-/m0/s1. The Labute approximate surface area is 131 Å². The molecule has 6 heteroatoms. The van der Waals surface area contributed by atoms with Crippen LogP contribution < -0.4 is 5.32 Å². The number of carbonyl (C=O) groups is 2. The number of nitrogens with one attached hydrogen (secondary N) is 1. The Hall–Kier alpha value is -2.08. The number of likely N-dealkylation sites (N-methyl/N-ethyl adjacent to an activating group) is 1. The number of hydrogen-bond acceptors (Lipinski definition) is 3. The molecule has 1 fully saturated rings. The zero-order valence-corrected chi connectivity index (χ0v) is 13.5. The number of piperazine rings is 1. The lowest BCUT2D eigenvalue weighted by Gasteiger charge is -2.35. The van der Waals surface area contributed by atoms with Gasteiger partial charge in [0.05, 0.1) is 0 Å². The zero-order valence-electron chi connectivity index (χ0n) is 13.5. The van der Waals surface area contributed by atoms with Gasteiger partial charge in [-0.15, -0.1) is 0 Å². The average Bonchev–Trinajstić information content (AvgIpc) is 2.53. The summed E-state index contributed by atoms with van der Waals surface area (Å²) in [6.07, 6.45) is 0. The number of benzene rings is 1. The first-order valence-corrected chi connectivity index (χ1v) is 7.49. The minimum atomic E-state index is -0.639. The van der Waals surface area contributed by atoms with E-state index in [1.807, 2.05) is 42.3 Å². The summed E-state index contributed by atoms with van der Waals surface area (Å²) in [6.45, 7) is 3.09. The maximum absolute atomic E-state index is 12.8. The molecular weight excluding hydrogens is 280 g/mol. The van der Waals surface area contributed by atoms with Crippen molar-refractivity contribution in [3.8, 4) is 0 Å². The van der Waals surface area contributed by atoms with E-state index in [0.717, 1.165) is 18.7 Å². The molecule has 0 aromatic heterocycles. The molecule has 22 heavy (non-hydrogen) atoms. The third-order valence-electron chi connectivity index (χ3n) is 3.87. The van der Waals surface area contributed by atoms with Crippen molar-refractivity contribution in [2.24, 2.45) is 0 Å². The van der Waals surface area contributed by atoms with Crippen LogP contribution >= 0.6 is 0 Å². The molecule has 2 rings (SSSR count). The molecule has 0 unspecified atom stereocenters. The number of amides is 3. The molecule has 1 aliphatic heterocycles. The summed E-state index contributed by atoms with van der Waals surface area (Å²) in [5, 5.41) is 2.82. The lowest BCUT2D eigenvalue weighted by atomic mass is 10.1. The number of nitrogens with zero attached hydrogens (tertiary/aromatic N) is 3. The first-order valence-electron chi connectivity index (χ1n) is 7.49. The van der Waals surface area contributed by atoms with Crippen LogP contribution in [0.3, 0.4) is 0 Å². The van der Waals surface area contributed by atoms with Gasteiger partial charge in [0, 0.05) is 40.3 Å². The van der Waals surface area contributed by atoms with Crippen LogP contribution in [0.25, 0.3) is 0 Å². The smallest absolute Gasteiger partial charge is 0.317 e. The van der Waals surface area contributed by atoms with Gasteiger partial charge in [-0.2, -0.15) is 0 Å². The van der Waals surface area contributed by atoms with Crippen LogP contribution in [-0.4, -0.2) is 74.0 Å². The molecule has 0 spiro atoms. The summed E-state index contributed by atoms with van der Waals surface area (Å²) in [4.78, 5) is 30.3. The molecule has 1 aromatic carbocycles. The summed E-state index contributed by atoms with van der Waals surface area (Å²) in [5.41, 5.74) is 0.807. The van der Waals surface area contributed by atoms with Crippen molar-refractivity contribution >= 4 is 11.9 Å². The summed E-state index contributed by atoms with van der Waals surface area (Å²) in [7, 11) is 5.37. The molecule has 0 bridgehead atoms. The number of hydrogen-bond donors (Lipinski definition) is 1. The van der Waals surface area contributed by atoms with E-state index in [4.69, 9.17) is 0 Å². The Morgan fingerprint density at radius 1 is 1.09 bits per heavy atom. The van der Waals surface area contributed by atoms with E-state index in [-0.39, 0.29) is 11.9 Å². The van der Waals surface area contributed by atoms with E-state index in [1.54, 1.807) is 14.1 Å². The van der Waals surface area contributed by atoms with E-state index in [2.05, 4.69) is 10.2 Å². The monoisotopic (exact) mass is 304 g/mol. The summed E-state index contributed by atoms with van der Waals surface area (Å²) in [5.74, 6) is -0.0468. The van der Waals surface area contributed by atoms with Crippen molar-refractivity contribution in [1.29, 1.82) is 0 Å². The fourth-order valence-corrected chi connectivity index (χ4v) is 2.40. The summed E-state index contributed by atoms with van der Waals surface area (Å²) in [6, 6.07) is 8.48. The van der Waals surface area contributed by atoms with Crippen LogP contribution in [-0.2, 0) is 4.79 Å². The highest BCUT2D eigenvalue weighted by atomic mass is 16.2. The largest absolute Gasteiger partial charge is 0.338 e. The van der Waals surface area contributed by atoms with Crippen LogP contribution in [0.5, 0.6) is 0 Å². The number of carbonyl (C=O) groups excluding carboxylic acids is 2. The van der Waals surface area contributed by atoms with Gasteiger partial charge in [0.25, 0.3) is 0 Å².